The highest BCUT2D eigenvalue weighted by Crippen LogP contribution is 2.38. The second kappa shape index (κ2) is 27.8. The molecule has 0 aromatic carbocycles. The van der Waals surface area contributed by atoms with Crippen molar-refractivity contribution in [1.82, 2.24) is 0 Å². The fourth-order valence-corrected chi connectivity index (χ4v) is 5.08. The molecule has 0 aliphatic rings. The van der Waals surface area contributed by atoms with Gasteiger partial charge in [-0.25, -0.2) is 0 Å². The summed E-state index contributed by atoms with van der Waals surface area (Å²) in [7, 11) is 1.15. The summed E-state index contributed by atoms with van der Waals surface area (Å²) in [5, 5.41) is 0. The average molecular weight is 646 g/mol. The molecule has 0 saturated heterocycles. The van der Waals surface area contributed by atoms with Crippen molar-refractivity contribution >= 4 is 19.8 Å². The summed E-state index contributed by atoms with van der Waals surface area (Å²) in [6.07, 6.45) is 28.6. The van der Waals surface area contributed by atoms with Gasteiger partial charge in [-0.05, 0) is 38.5 Å². The lowest BCUT2D eigenvalue weighted by Crippen LogP contribution is -2.37. The normalized spacial score (nSPS) is 14.2. The fraction of sp³-hybridized carbons (Fsp3) is 0.824. The number of unbranched alkanes of at least 4 members (excludes halogenated alkanes) is 14. The van der Waals surface area contributed by atoms with Crippen molar-refractivity contribution in [1.29, 1.82) is 0 Å². The number of esters is 2. The van der Waals surface area contributed by atoms with Gasteiger partial charge in [0.2, 0.25) is 0 Å². The van der Waals surface area contributed by atoms with E-state index in [0.29, 0.717) is 17.4 Å². The third-order valence-electron chi connectivity index (χ3n) is 7.03. The van der Waals surface area contributed by atoms with E-state index in [0.717, 1.165) is 32.1 Å². The van der Waals surface area contributed by atoms with Crippen LogP contribution in [0, 0.1) is 0 Å². The van der Waals surface area contributed by atoms with Crippen molar-refractivity contribution in [3.05, 3.63) is 24.3 Å². The lowest BCUT2D eigenvalue weighted by Gasteiger charge is -2.28. The highest BCUT2D eigenvalue weighted by atomic mass is 31.2. The zero-order valence-corrected chi connectivity index (χ0v) is 29.5. The monoisotopic (exact) mass is 645 g/mol. The molecule has 0 aliphatic carbocycles. The van der Waals surface area contributed by atoms with Gasteiger partial charge in [0.15, 0.2) is 6.10 Å². The number of phosphoric ester groups is 1. The molecule has 258 valence electrons. The quantitative estimate of drug-likeness (QED) is 0.0256. The van der Waals surface area contributed by atoms with Crippen LogP contribution in [0.15, 0.2) is 24.3 Å². The Hall–Kier alpha value is -1.51. The van der Waals surface area contributed by atoms with Crippen LogP contribution in [0.2, 0.25) is 0 Å². The first-order valence-corrected chi connectivity index (χ1v) is 18.4. The van der Waals surface area contributed by atoms with Crippen molar-refractivity contribution in [2.45, 2.75) is 136 Å². The van der Waals surface area contributed by atoms with Crippen molar-refractivity contribution in [2.75, 3.05) is 47.5 Å². The maximum Gasteiger partial charge on any atom is 0.306 e. The number of hydrogen-bond acceptors (Lipinski definition) is 8. The Labute approximate surface area is 268 Å². The van der Waals surface area contributed by atoms with Crippen molar-refractivity contribution in [3.8, 4) is 0 Å². The summed E-state index contributed by atoms with van der Waals surface area (Å²) in [5.41, 5.74) is 0. The minimum Gasteiger partial charge on any atom is -0.756 e. The molecule has 9 nitrogen and oxygen atoms in total. The maximum absolute atomic E-state index is 12.3. The molecule has 0 rings (SSSR count). The largest absolute Gasteiger partial charge is 0.756 e. The summed E-state index contributed by atoms with van der Waals surface area (Å²) in [5.74, 6) is -1.03. The van der Waals surface area contributed by atoms with Crippen molar-refractivity contribution in [2.24, 2.45) is 0 Å². The number of quaternary nitrogens is 1. The van der Waals surface area contributed by atoms with Crippen LogP contribution in [0.1, 0.15) is 129 Å². The molecule has 0 bridgehead atoms. The maximum atomic E-state index is 12.3. The zero-order valence-electron chi connectivity index (χ0n) is 28.6. The van der Waals surface area contributed by atoms with Crippen LogP contribution in [0.3, 0.4) is 0 Å². The Morgan fingerprint density at radius 1 is 0.750 bits per heavy atom. The molecule has 0 N–H and O–H groups in total. The molecule has 0 aromatic heterocycles. The summed E-state index contributed by atoms with van der Waals surface area (Å²) >= 11 is 0. The van der Waals surface area contributed by atoms with Crippen LogP contribution in [0.4, 0.5) is 0 Å². The molecule has 10 heteroatoms. The lowest BCUT2D eigenvalue weighted by molar-refractivity contribution is -0.870. The molecular weight excluding hydrogens is 581 g/mol. The van der Waals surface area contributed by atoms with E-state index in [1.165, 1.54) is 77.6 Å². The molecule has 0 radical (unpaired) electrons. The molecule has 0 heterocycles. The van der Waals surface area contributed by atoms with E-state index in [-0.39, 0.29) is 19.6 Å². The first-order chi connectivity index (χ1) is 20.9. The number of hydrogen-bond donors (Lipinski definition) is 0. The zero-order chi connectivity index (χ0) is 32.9. The molecule has 0 saturated carbocycles. The highest BCUT2D eigenvalue weighted by molar-refractivity contribution is 7.45. The number of allylic oxidation sites excluding steroid dienone is 4. The van der Waals surface area contributed by atoms with E-state index in [2.05, 4.69) is 31.2 Å². The van der Waals surface area contributed by atoms with Gasteiger partial charge in [-0.2, -0.15) is 0 Å². The van der Waals surface area contributed by atoms with Crippen molar-refractivity contribution < 1.29 is 42.1 Å². The molecule has 44 heavy (non-hydrogen) atoms. The number of rotatable bonds is 30. The van der Waals surface area contributed by atoms with Gasteiger partial charge in [0, 0.05) is 13.3 Å². The topological polar surface area (TPSA) is 111 Å². The predicted octanol–water partition coefficient (Wildman–Crippen LogP) is 7.82. The van der Waals surface area contributed by atoms with Gasteiger partial charge in [-0.15, -0.1) is 0 Å². The molecule has 2 unspecified atom stereocenters. The standard InChI is InChI=1S/C34H64NO8P/c1-6-7-8-9-10-11-12-13-14-15-16-17-18-19-20-21-22-23-24-25-26-27-34(37)43-33(30-40-32(2)36)31-42-44(38,39)41-29-28-35(3,4)5/h12-13,15-16,33H,6-11,14,17-31H2,1-5H3/b13-12-,16-15-. The van der Waals surface area contributed by atoms with Gasteiger partial charge < -0.3 is 27.9 Å². The second-order valence-electron chi connectivity index (χ2n) is 12.6. The van der Waals surface area contributed by atoms with Crippen LogP contribution in [0.25, 0.3) is 0 Å². The van der Waals surface area contributed by atoms with E-state index in [1.54, 1.807) is 0 Å². The van der Waals surface area contributed by atoms with Gasteiger partial charge in [-0.1, -0.05) is 102 Å². The van der Waals surface area contributed by atoms with Crippen molar-refractivity contribution in [3.63, 3.8) is 0 Å². The molecule has 0 aromatic rings. The number of carbonyl (C=O) groups excluding carboxylic acids is 2. The van der Waals surface area contributed by atoms with E-state index in [9.17, 15) is 19.0 Å². The minimum atomic E-state index is -4.58. The molecule has 0 aliphatic heterocycles. The van der Waals surface area contributed by atoms with Gasteiger partial charge in [0.1, 0.15) is 19.8 Å². The Kier molecular flexibility index (Phi) is 26.8. The smallest absolute Gasteiger partial charge is 0.306 e. The Bertz CT molecular complexity index is 825. The summed E-state index contributed by atoms with van der Waals surface area (Å²) in [4.78, 5) is 35.5. The SMILES string of the molecule is CCCCCCC/C=C\C/C=C\CCCCCCCCCCCC(=O)OC(COC(C)=O)COP(=O)([O-])OCC[N+](C)(C)C. The number of likely N-dealkylation sites (N-methyl/N-ethyl adjacent to an activating group) is 1. The predicted molar refractivity (Wildman–Crippen MR) is 176 cm³/mol. The Morgan fingerprint density at radius 2 is 1.27 bits per heavy atom. The molecule has 0 spiro atoms. The highest BCUT2D eigenvalue weighted by Gasteiger charge is 2.21. The van der Waals surface area contributed by atoms with E-state index < -0.39 is 32.5 Å². The Morgan fingerprint density at radius 3 is 1.80 bits per heavy atom. The third kappa shape index (κ3) is 31.9. The first kappa shape index (κ1) is 42.5. The van der Waals surface area contributed by atoms with Crippen LogP contribution in [0.5, 0.6) is 0 Å². The van der Waals surface area contributed by atoms with Crippen LogP contribution in [-0.4, -0.2) is 70.0 Å². The van der Waals surface area contributed by atoms with E-state index in [4.69, 9.17) is 18.5 Å². The molecule has 2 atom stereocenters. The van der Waals surface area contributed by atoms with Gasteiger partial charge in [0.25, 0.3) is 7.82 Å². The fourth-order valence-electron chi connectivity index (χ4n) is 4.35. The van der Waals surface area contributed by atoms with Gasteiger partial charge >= 0.3 is 11.9 Å². The van der Waals surface area contributed by atoms with Crippen LogP contribution < -0.4 is 4.89 Å². The second-order valence-corrected chi connectivity index (χ2v) is 14.0. The van der Waals surface area contributed by atoms with Gasteiger partial charge in [0.05, 0.1) is 27.7 Å². The third-order valence-corrected chi connectivity index (χ3v) is 8.00. The van der Waals surface area contributed by atoms with E-state index >= 15 is 0 Å². The number of ether oxygens (including phenoxy) is 2. The molecule has 0 amide bonds. The summed E-state index contributed by atoms with van der Waals surface area (Å²) in [6.45, 7) is 3.15. The summed E-state index contributed by atoms with van der Waals surface area (Å²) < 4.78 is 32.6. The first-order valence-electron chi connectivity index (χ1n) is 17.0. The molecular formula is C34H64NO8P. The van der Waals surface area contributed by atoms with Crippen LogP contribution >= 0.6 is 7.82 Å². The number of phosphoric acid groups is 1. The molecule has 0 fully saturated rings. The lowest BCUT2D eigenvalue weighted by atomic mass is 10.1. The summed E-state index contributed by atoms with van der Waals surface area (Å²) in [6, 6.07) is 0. The van der Waals surface area contributed by atoms with E-state index in [1.807, 2.05) is 21.1 Å². The number of nitrogens with zero attached hydrogens (tertiary/aromatic N) is 1. The van der Waals surface area contributed by atoms with Crippen LogP contribution in [-0.2, 0) is 32.7 Å². The Balaban J connectivity index is 3.88. The minimum absolute atomic E-state index is 0.0338. The number of carbonyl (C=O) groups is 2. The average Bonchev–Trinajstić information content (AvgIpc) is 2.94. The van der Waals surface area contributed by atoms with Gasteiger partial charge in [-0.3, -0.25) is 14.2 Å².